The van der Waals surface area contributed by atoms with E-state index in [9.17, 15) is 0 Å². The third-order valence-electron chi connectivity index (χ3n) is 6.66. The molecule has 1 heteroatoms. The summed E-state index contributed by atoms with van der Waals surface area (Å²) in [6.07, 6.45) is 36.3. The highest BCUT2D eigenvalue weighted by Gasteiger charge is 1.96. The maximum absolute atomic E-state index is 3.62. The second-order valence-corrected chi connectivity index (χ2v) is 9.88. The molecule has 0 bridgehead atoms. The van der Waals surface area contributed by atoms with Crippen molar-refractivity contribution in [2.45, 2.75) is 174 Å². The molecular formula is C29H61N. The van der Waals surface area contributed by atoms with Crippen molar-refractivity contribution in [1.82, 2.24) is 5.32 Å². The highest BCUT2D eigenvalue weighted by Crippen LogP contribution is 2.14. The minimum atomic E-state index is 1.24. The van der Waals surface area contributed by atoms with Crippen LogP contribution in [0.4, 0.5) is 0 Å². The predicted molar refractivity (Wildman–Crippen MR) is 140 cm³/mol. The molecule has 0 saturated heterocycles. The molecule has 0 fully saturated rings. The molecule has 0 atom stereocenters. The van der Waals surface area contributed by atoms with Gasteiger partial charge in [0.1, 0.15) is 0 Å². The zero-order valence-electron chi connectivity index (χ0n) is 21.6. The van der Waals surface area contributed by atoms with Gasteiger partial charge in [-0.2, -0.15) is 0 Å². The van der Waals surface area contributed by atoms with Crippen LogP contribution >= 0.6 is 0 Å². The molecule has 0 heterocycles. The Hall–Kier alpha value is -0.0400. The molecule has 0 aromatic carbocycles. The highest BCUT2D eigenvalue weighted by atomic mass is 14.8. The van der Waals surface area contributed by atoms with E-state index in [0.717, 1.165) is 0 Å². The van der Waals surface area contributed by atoms with E-state index in [1.165, 1.54) is 174 Å². The first-order chi connectivity index (χ1) is 14.9. The largest absolute Gasteiger partial charge is 0.317 e. The van der Waals surface area contributed by atoms with Crippen LogP contribution in [0.1, 0.15) is 174 Å². The smallest absolute Gasteiger partial charge is 0.00489 e. The van der Waals surface area contributed by atoms with Gasteiger partial charge in [0.2, 0.25) is 0 Å². The van der Waals surface area contributed by atoms with Gasteiger partial charge in [-0.25, -0.2) is 0 Å². The number of unbranched alkanes of at least 4 members (excludes halogenated alkanes) is 23. The highest BCUT2D eigenvalue weighted by molar-refractivity contribution is 4.53. The fourth-order valence-corrected chi connectivity index (χ4v) is 4.48. The fourth-order valence-electron chi connectivity index (χ4n) is 4.48. The lowest BCUT2D eigenvalue weighted by Gasteiger charge is -2.05. The fraction of sp³-hybridized carbons (Fsp3) is 1.00. The second kappa shape index (κ2) is 29.0. The molecule has 0 radical (unpaired) electrons. The van der Waals surface area contributed by atoms with E-state index >= 15 is 0 Å². The summed E-state index contributed by atoms with van der Waals surface area (Å²) in [7, 11) is 0. The van der Waals surface area contributed by atoms with Gasteiger partial charge in [0.05, 0.1) is 0 Å². The van der Waals surface area contributed by atoms with Gasteiger partial charge >= 0.3 is 0 Å². The Labute approximate surface area is 193 Å². The Bertz CT molecular complexity index is 248. The van der Waals surface area contributed by atoms with E-state index < -0.39 is 0 Å². The van der Waals surface area contributed by atoms with E-state index in [-0.39, 0.29) is 0 Å². The van der Waals surface area contributed by atoms with Gasteiger partial charge in [-0.05, 0) is 25.9 Å². The summed E-state index contributed by atoms with van der Waals surface area (Å²) in [4.78, 5) is 0. The van der Waals surface area contributed by atoms with Gasteiger partial charge in [0, 0.05) is 0 Å². The summed E-state index contributed by atoms with van der Waals surface area (Å²) in [5, 5.41) is 3.62. The SMILES string of the molecule is CCCCCCCCCCCCCCCCCCCCCCNCCCCCCC. The van der Waals surface area contributed by atoms with Crippen molar-refractivity contribution in [3.63, 3.8) is 0 Å². The van der Waals surface area contributed by atoms with Gasteiger partial charge in [-0.3, -0.25) is 0 Å². The van der Waals surface area contributed by atoms with Crippen LogP contribution in [0.15, 0.2) is 0 Å². The molecule has 0 saturated carbocycles. The molecule has 1 N–H and O–H groups in total. The molecule has 0 aromatic rings. The van der Waals surface area contributed by atoms with Crippen molar-refractivity contribution in [1.29, 1.82) is 0 Å². The van der Waals surface area contributed by atoms with Crippen LogP contribution in [0.5, 0.6) is 0 Å². The first kappa shape index (κ1) is 30.0. The van der Waals surface area contributed by atoms with Gasteiger partial charge in [0.25, 0.3) is 0 Å². The standard InChI is InChI=1S/C29H61N/c1-3-5-7-9-10-11-12-13-14-15-16-17-18-19-20-21-22-23-25-27-29-30-28-26-24-8-6-4-2/h30H,3-29H2,1-2H3. The van der Waals surface area contributed by atoms with E-state index in [2.05, 4.69) is 19.2 Å². The van der Waals surface area contributed by atoms with E-state index in [1.54, 1.807) is 0 Å². The maximum atomic E-state index is 3.62. The zero-order chi connectivity index (χ0) is 21.8. The monoisotopic (exact) mass is 423 g/mol. The molecule has 0 aliphatic carbocycles. The molecule has 182 valence electrons. The Morgan fingerprint density at radius 3 is 0.700 bits per heavy atom. The molecular weight excluding hydrogens is 362 g/mol. The van der Waals surface area contributed by atoms with Crippen LogP contribution in [-0.2, 0) is 0 Å². The Kier molecular flexibility index (Phi) is 28.9. The first-order valence-electron chi connectivity index (χ1n) is 14.6. The molecule has 30 heavy (non-hydrogen) atoms. The lowest BCUT2D eigenvalue weighted by atomic mass is 10.0. The second-order valence-electron chi connectivity index (χ2n) is 9.88. The molecule has 0 unspecified atom stereocenters. The summed E-state index contributed by atoms with van der Waals surface area (Å²) >= 11 is 0. The summed E-state index contributed by atoms with van der Waals surface area (Å²) in [6.45, 7) is 7.08. The Balaban J connectivity index is 2.97. The van der Waals surface area contributed by atoms with Crippen molar-refractivity contribution >= 4 is 0 Å². The van der Waals surface area contributed by atoms with Crippen molar-refractivity contribution in [3.8, 4) is 0 Å². The van der Waals surface area contributed by atoms with Crippen LogP contribution in [0, 0.1) is 0 Å². The number of rotatable bonds is 27. The predicted octanol–water partition coefficient (Wildman–Crippen LogP) is 10.4. The van der Waals surface area contributed by atoms with E-state index in [0.29, 0.717) is 0 Å². The van der Waals surface area contributed by atoms with Crippen molar-refractivity contribution in [3.05, 3.63) is 0 Å². The van der Waals surface area contributed by atoms with Crippen molar-refractivity contribution in [2.75, 3.05) is 13.1 Å². The van der Waals surface area contributed by atoms with Crippen LogP contribution in [-0.4, -0.2) is 13.1 Å². The molecule has 0 aliphatic heterocycles. The lowest BCUT2D eigenvalue weighted by Crippen LogP contribution is -2.16. The topological polar surface area (TPSA) is 12.0 Å². The first-order valence-corrected chi connectivity index (χ1v) is 14.6. The Morgan fingerprint density at radius 2 is 0.467 bits per heavy atom. The van der Waals surface area contributed by atoms with Crippen molar-refractivity contribution in [2.24, 2.45) is 0 Å². The minimum Gasteiger partial charge on any atom is -0.317 e. The zero-order valence-corrected chi connectivity index (χ0v) is 21.6. The third kappa shape index (κ3) is 28.0. The van der Waals surface area contributed by atoms with Gasteiger partial charge in [-0.1, -0.05) is 162 Å². The molecule has 0 aliphatic rings. The number of nitrogens with one attached hydrogen (secondary N) is 1. The molecule has 0 aromatic heterocycles. The molecule has 1 nitrogen and oxygen atoms in total. The number of hydrogen-bond donors (Lipinski definition) is 1. The summed E-state index contributed by atoms with van der Waals surface area (Å²) in [6, 6.07) is 0. The summed E-state index contributed by atoms with van der Waals surface area (Å²) in [5.74, 6) is 0. The summed E-state index contributed by atoms with van der Waals surface area (Å²) in [5.41, 5.74) is 0. The lowest BCUT2D eigenvalue weighted by molar-refractivity contribution is 0.517. The minimum absolute atomic E-state index is 1.24. The van der Waals surface area contributed by atoms with Crippen LogP contribution in [0.2, 0.25) is 0 Å². The average molecular weight is 424 g/mol. The van der Waals surface area contributed by atoms with Crippen molar-refractivity contribution < 1.29 is 0 Å². The molecule has 0 amide bonds. The van der Waals surface area contributed by atoms with Crippen LogP contribution in [0.3, 0.4) is 0 Å². The third-order valence-corrected chi connectivity index (χ3v) is 6.66. The van der Waals surface area contributed by atoms with E-state index in [1.807, 2.05) is 0 Å². The quantitative estimate of drug-likeness (QED) is 0.129. The number of hydrogen-bond acceptors (Lipinski definition) is 1. The van der Waals surface area contributed by atoms with E-state index in [4.69, 9.17) is 0 Å². The van der Waals surface area contributed by atoms with Crippen LogP contribution in [0.25, 0.3) is 0 Å². The van der Waals surface area contributed by atoms with Gasteiger partial charge in [-0.15, -0.1) is 0 Å². The normalized spacial score (nSPS) is 11.4. The maximum Gasteiger partial charge on any atom is -0.00489 e. The Morgan fingerprint density at radius 1 is 0.267 bits per heavy atom. The summed E-state index contributed by atoms with van der Waals surface area (Å²) < 4.78 is 0. The van der Waals surface area contributed by atoms with Crippen LogP contribution < -0.4 is 5.32 Å². The molecule has 0 spiro atoms. The average Bonchev–Trinajstić information content (AvgIpc) is 2.76. The molecule has 0 rings (SSSR count). The van der Waals surface area contributed by atoms with Gasteiger partial charge < -0.3 is 5.32 Å². The van der Waals surface area contributed by atoms with Gasteiger partial charge in [0.15, 0.2) is 0 Å².